The van der Waals surface area contributed by atoms with E-state index >= 15 is 0 Å². The van der Waals surface area contributed by atoms with Crippen molar-refractivity contribution in [2.24, 2.45) is 0 Å². The smallest absolute Gasteiger partial charge is 0.243 e. The molecule has 1 aromatic carbocycles. The van der Waals surface area contributed by atoms with E-state index < -0.39 is 15.7 Å². The summed E-state index contributed by atoms with van der Waals surface area (Å²) < 4.78 is 38.6. The predicted octanol–water partition coefficient (Wildman–Crippen LogP) is 2.54. The molecule has 0 aliphatic carbocycles. The van der Waals surface area contributed by atoms with Crippen LogP contribution >= 0.6 is 11.8 Å². The Kier molecular flexibility index (Phi) is 8.35. The lowest BCUT2D eigenvalue weighted by atomic mass is 9.97. The van der Waals surface area contributed by atoms with Crippen molar-refractivity contribution in [2.75, 3.05) is 45.9 Å². The Hall–Kier alpha value is -1.49. The molecular formula is C22H35N3O5S2. The number of nitrogens with one attached hydrogen (secondary N) is 1. The van der Waals surface area contributed by atoms with Crippen LogP contribution in [0.4, 0.5) is 0 Å². The molecule has 0 saturated carbocycles. The first-order chi connectivity index (χ1) is 15.3. The zero-order chi connectivity index (χ0) is 23.4. The lowest BCUT2D eigenvalue weighted by molar-refractivity contribution is -0.133. The molecule has 0 radical (unpaired) electrons. The summed E-state index contributed by atoms with van der Waals surface area (Å²) in [7, 11) is -0.675. The van der Waals surface area contributed by atoms with E-state index in [4.69, 9.17) is 9.47 Å². The molecule has 32 heavy (non-hydrogen) atoms. The number of amides is 1. The largest absolute Gasteiger partial charge is 0.493 e. The van der Waals surface area contributed by atoms with Crippen molar-refractivity contribution in [3.05, 3.63) is 18.2 Å². The van der Waals surface area contributed by atoms with Crippen molar-refractivity contribution in [1.29, 1.82) is 0 Å². The van der Waals surface area contributed by atoms with E-state index in [1.165, 1.54) is 24.6 Å². The number of piperidine rings is 1. The molecule has 1 unspecified atom stereocenters. The minimum atomic E-state index is -3.68. The van der Waals surface area contributed by atoms with Crippen LogP contribution in [0, 0.1) is 0 Å². The van der Waals surface area contributed by atoms with Gasteiger partial charge in [-0.25, -0.2) is 8.42 Å². The van der Waals surface area contributed by atoms with E-state index in [-0.39, 0.29) is 16.8 Å². The zero-order valence-electron chi connectivity index (χ0n) is 19.4. The van der Waals surface area contributed by atoms with Crippen LogP contribution in [0.3, 0.4) is 0 Å². The van der Waals surface area contributed by atoms with E-state index in [0.717, 1.165) is 25.0 Å². The molecular weight excluding hydrogens is 450 g/mol. The lowest BCUT2D eigenvalue weighted by Gasteiger charge is -2.44. The average molecular weight is 486 g/mol. The van der Waals surface area contributed by atoms with Gasteiger partial charge in [-0.3, -0.25) is 10.1 Å². The molecule has 0 aromatic heterocycles. The topological polar surface area (TPSA) is 88.2 Å². The number of benzene rings is 1. The number of nitrogens with zero attached hydrogens (tertiary/aromatic N) is 2. The lowest BCUT2D eigenvalue weighted by Crippen LogP contribution is -2.59. The molecule has 2 aliphatic rings. The highest BCUT2D eigenvalue weighted by Gasteiger charge is 2.51. The fraction of sp³-hybridized carbons (Fsp3) is 0.682. The third-order valence-electron chi connectivity index (χ3n) is 6.41. The Balaban J connectivity index is 1.77. The van der Waals surface area contributed by atoms with Crippen molar-refractivity contribution in [2.45, 2.75) is 55.6 Å². The van der Waals surface area contributed by atoms with Gasteiger partial charge in [-0.05, 0) is 49.8 Å². The molecule has 1 N–H and O–H groups in total. The van der Waals surface area contributed by atoms with E-state index in [0.29, 0.717) is 44.0 Å². The summed E-state index contributed by atoms with van der Waals surface area (Å²) in [5.41, 5.74) is -0.459. The van der Waals surface area contributed by atoms with Gasteiger partial charge in [-0.15, -0.1) is 0 Å². The Labute approximate surface area is 196 Å². The third kappa shape index (κ3) is 4.88. The monoisotopic (exact) mass is 485 g/mol. The van der Waals surface area contributed by atoms with Gasteiger partial charge in [0.05, 0.1) is 30.8 Å². The van der Waals surface area contributed by atoms with Crippen molar-refractivity contribution in [3.8, 4) is 11.5 Å². The van der Waals surface area contributed by atoms with Gasteiger partial charge in [0.25, 0.3) is 0 Å². The number of unbranched alkanes of at least 4 members (excludes halogenated alkanes) is 1. The summed E-state index contributed by atoms with van der Waals surface area (Å²) in [6, 6.07) is 4.47. The highest BCUT2D eigenvalue weighted by Crippen LogP contribution is 2.36. The standard InChI is InChI=1S/C22H35N3O5S2/c1-5-6-12-25-21(26)18(9-15-31-4)23-22(25)10-13-24(14-11-22)32(27,28)17-7-8-19(29-2)20(16-17)30-3/h7-8,16,18,23H,5-6,9-15H2,1-4H3. The minimum Gasteiger partial charge on any atom is -0.493 e. The maximum absolute atomic E-state index is 13.3. The summed E-state index contributed by atoms with van der Waals surface area (Å²) in [5, 5.41) is 3.60. The van der Waals surface area contributed by atoms with Crippen molar-refractivity contribution in [1.82, 2.24) is 14.5 Å². The number of hydrogen-bond acceptors (Lipinski definition) is 7. The first kappa shape index (κ1) is 25.1. The average Bonchev–Trinajstić information content (AvgIpc) is 3.05. The number of sulfonamides is 1. The summed E-state index contributed by atoms with van der Waals surface area (Å²) in [6.45, 7) is 3.54. The van der Waals surface area contributed by atoms with Crippen LogP contribution in [0.25, 0.3) is 0 Å². The normalized spacial score (nSPS) is 21.3. The predicted molar refractivity (Wildman–Crippen MR) is 127 cm³/mol. The van der Waals surface area contributed by atoms with Crippen LogP contribution < -0.4 is 14.8 Å². The van der Waals surface area contributed by atoms with Crippen molar-refractivity contribution in [3.63, 3.8) is 0 Å². The number of carbonyl (C=O) groups is 1. The van der Waals surface area contributed by atoms with Crippen LogP contribution in [-0.2, 0) is 14.8 Å². The summed E-state index contributed by atoms with van der Waals surface area (Å²) in [6.07, 6.45) is 5.93. The highest BCUT2D eigenvalue weighted by molar-refractivity contribution is 7.98. The summed E-state index contributed by atoms with van der Waals surface area (Å²) >= 11 is 1.73. The minimum absolute atomic E-state index is 0.156. The maximum atomic E-state index is 13.3. The number of rotatable bonds is 10. The molecule has 180 valence electrons. The van der Waals surface area contributed by atoms with Crippen LogP contribution in [0.5, 0.6) is 11.5 Å². The van der Waals surface area contributed by atoms with E-state index in [1.807, 2.05) is 11.2 Å². The van der Waals surface area contributed by atoms with Crippen LogP contribution in [-0.4, -0.2) is 81.1 Å². The van der Waals surface area contributed by atoms with Gasteiger partial charge in [0.2, 0.25) is 15.9 Å². The second-order valence-electron chi connectivity index (χ2n) is 8.27. The van der Waals surface area contributed by atoms with Gasteiger partial charge in [0, 0.05) is 25.7 Å². The fourth-order valence-electron chi connectivity index (χ4n) is 4.57. The molecule has 3 rings (SSSR count). The summed E-state index contributed by atoms with van der Waals surface area (Å²) in [5.74, 6) is 1.94. The first-order valence-electron chi connectivity index (χ1n) is 11.1. The molecule has 2 heterocycles. The SMILES string of the molecule is CCCCN1C(=O)C(CCSC)NC12CCN(S(=O)(=O)c1ccc(OC)c(OC)c1)CC2. The maximum Gasteiger partial charge on any atom is 0.243 e. The molecule has 1 atom stereocenters. The Morgan fingerprint density at radius 1 is 1.19 bits per heavy atom. The van der Waals surface area contributed by atoms with Gasteiger partial charge in [-0.1, -0.05) is 13.3 Å². The second kappa shape index (κ2) is 10.6. The molecule has 1 amide bonds. The molecule has 2 fully saturated rings. The van der Waals surface area contributed by atoms with Crippen LogP contribution in [0.1, 0.15) is 39.0 Å². The number of thioether (sulfide) groups is 1. The first-order valence-corrected chi connectivity index (χ1v) is 14.0. The van der Waals surface area contributed by atoms with E-state index in [1.54, 1.807) is 23.9 Å². The van der Waals surface area contributed by atoms with Crippen molar-refractivity contribution >= 4 is 27.7 Å². The number of hydrogen-bond donors (Lipinski definition) is 1. The van der Waals surface area contributed by atoms with Gasteiger partial charge in [0.15, 0.2) is 11.5 Å². The van der Waals surface area contributed by atoms with Crippen LogP contribution in [0.15, 0.2) is 23.1 Å². The van der Waals surface area contributed by atoms with Crippen molar-refractivity contribution < 1.29 is 22.7 Å². The summed E-state index contributed by atoms with van der Waals surface area (Å²) in [4.78, 5) is 15.3. The fourth-order valence-corrected chi connectivity index (χ4v) is 6.50. The number of ether oxygens (including phenoxy) is 2. The molecule has 0 bridgehead atoms. The Morgan fingerprint density at radius 3 is 2.47 bits per heavy atom. The Morgan fingerprint density at radius 2 is 1.88 bits per heavy atom. The van der Waals surface area contributed by atoms with E-state index in [9.17, 15) is 13.2 Å². The second-order valence-corrected chi connectivity index (χ2v) is 11.2. The van der Waals surface area contributed by atoms with Gasteiger partial charge >= 0.3 is 0 Å². The molecule has 1 aromatic rings. The molecule has 1 spiro atoms. The number of carbonyl (C=O) groups excluding carboxylic acids is 1. The van der Waals surface area contributed by atoms with Gasteiger partial charge in [-0.2, -0.15) is 16.1 Å². The molecule has 10 heteroatoms. The molecule has 2 saturated heterocycles. The highest BCUT2D eigenvalue weighted by atomic mass is 32.2. The molecule has 8 nitrogen and oxygen atoms in total. The zero-order valence-corrected chi connectivity index (χ0v) is 21.1. The third-order valence-corrected chi connectivity index (χ3v) is 8.95. The quantitative estimate of drug-likeness (QED) is 0.545. The number of methoxy groups -OCH3 is 2. The molecule has 2 aliphatic heterocycles. The van der Waals surface area contributed by atoms with Gasteiger partial charge < -0.3 is 14.4 Å². The van der Waals surface area contributed by atoms with Crippen LogP contribution in [0.2, 0.25) is 0 Å². The Bertz CT molecular complexity index is 901. The van der Waals surface area contributed by atoms with Gasteiger partial charge in [0.1, 0.15) is 0 Å². The van der Waals surface area contributed by atoms with E-state index in [2.05, 4.69) is 12.2 Å².